The molecule has 2 aromatic rings. The molecule has 0 saturated heterocycles. The third-order valence-corrected chi connectivity index (χ3v) is 3.50. The molecule has 1 aromatic heterocycles. The van der Waals surface area contributed by atoms with Gasteiger partial charge in [0.1, 0.15) is 5.82 Å². The second kappa shape index (κ2) is 7.49. The predicted octanol–water partition coefficient (Wildman–Crippen LogP) is 3.86. The van der Waals surface area contributed by atoms with Crippen LogP contribution in [0.5, 0.6) is 0 Å². The topological polar surface area (TPSA) is 97.2 Å². The average Bonchev–Trinajstić information content (AvgIpc) is 2.54. The van der Waals surface area contributed by atoms with Crippen molar-refractivity contribution in [2.24, 2.45) is 5.92 Å². The van der Waals surface area contributed by atoms with Gasteiger partial charge in [0.2, 0.25) is 11.7 Å². The van der Waals surface area contributed by atoms with Crippen molar-refractivity contribution in [3.05, 3.63) is 52.5 Å². The summed E-state index contributed by atoms with van der Waals surface area (Å²) in [5.41, 5.74) is 0.331. The monoisotopic (exact) mass is 332 g/mol. The molecule has 126 valence electrons. The number of nitrogens with zero attached hydrogens (tertiary/aromatic N) is 2. The highest BCUT2D eigenvalue weighted by molar-refractivity contribution is 5.91. The smallest absolute Gasteiger partial charge is 0.304 e. The Hall–Kier alpha value is -3.03. The van der Waals surface area contributed by atoms with E-state index in [-0.39, 0.29) is 11.8 Å². The van der Waals surface area contributed by atoms with E-state index in [0.29, 0.717) is 23.6 Å². The summed E-state index contributed by atoms with van der Waals surface area (Å²) < 4.78 is 13.6. The van der Waals surface area contributed by atoms with Crippen LogP contribution in [0.15, 0.2) is 36.5 Å². The van der Waals surface area contributed by atoms with Gasteiger partial charge >= 0.3 is 5.69 Å². The number of nitrogens with one attached hydrogen (secondary N) is 2. The quantitative estimate of drug-likeness (QED) is 0.618. The fourth-order valence-corrected chi connectivity index (χ4v) is 1.91. The van der Waals surface area contributed by atoms with Crippen LogP contribution in [0.3, 0.4) is 0 Å². The van der Waals surface area contributed by atoms with Gasteiger partial charge in [-0.25, -0.2) is 4.98 Å². The molecule has 2 N–H and O–H groups in total. The minimum Gasteiger partial charge on any atom is -0.355 e. The van der Waals surface area contributed by atoms with Crippen LogP contribution in [0, 0.1) is 21.8 Å². The summed E-state index contributed by atoms with van der Waals surface area (Å²) in [5, 5.41) is 16.2. The number of nitro benzene ring substituents is 1. The van der Waals surface area contributed by atoms with Crippen molar-refractivity contribution in [3.8, 4) is 0 Å². The number of aromatic nitrogens is 1. The molecule has 0 aliphatic carbocycles. The summed E-state index contributed by atoms with van der Waals surface area (Å²) in [5.74, 6) is -0.826. The number of anilines is 3. The summed E-state index contributed by atoms with van der Waals surface area (Å²) in [4.78, 5) is 25.8. The van der Waals surface area contributed by atoms with E-state index in [4.69, 9.17) is 0 Å². The van der Waals surface area contributed by atoms with Crippen molar-refractivity contribution >= 4 is 28.8 Å². The lowest BCUT2D eigenvalue weighted by Crippen LogP contribution is -2.20. The lowest BCUT2D eigenvalue weighted by molar-refractivity contribution is -0.387. The summed E-state index contributed by atoms with van der Waals surface area (Å²) in [6.45, 7) is 3.73. The first kappa shape index (κ1) is 17.3. The maximum atomic E-state index is 13.6. The maximum Gasteiger partial charge on any atom is 0.304 e. The SMILES string of the molecule is CCC(C)C(=O)Nc1cc(Nc2ccc([N+](=O)[O-])c(F)c2)ccn1. The molecule has 1 atom stereocenters. The van der Waals surface area contributed by atoms with E-state index in [2.05, 4.69) is 15.6 Å². The van der Waals surface area contributed by atoms with E-state index in [1.807, 2.05) is 13.8 Å². The molecule has 0 aliphatic rings. The molecule has 1 unspecified atom stereocenters. The van der Waals surface area contributed by atoms with Crippen LogP contribution in [0.2, 0.25) is 0 Å². The number of hydrogen-bond donors (Lipinski definition) is 2. The van der Waals surface area contributed by atoms with Gasteiger partial charge in [-0.1, -0.05) is 13.8 Å². The van der Waals surface area contributed by atoms with Gasteiger partial charge in [-0.15, -0.1) is 0 Å². The summed E-state index contributed by atoms with van der Waals surface area (Å²) >= 11 is 0. The van der Waals surface area contributed by atoms with Crippen molar-refractivity contribution in [3.63, 3.8) is 0 Å². The third kappa shape index (κ3) is 4.25. The summed E-state index contributed by atoms with van der Waals surface area (Å²) in [7, 11) is 0. The highest BCUT2D eigenvalue weighted by Gasteiger charge is 2.14. The zero-order chi connectivity index (χ0) is 17.7. The number of amides is 1. The summed E-state index contributed by atoms with van der Waals surface area (Å²) in [6.07, 6.45) is 2.21. The minimum atomic E-state index is -0.927. The Bertz CT molecular complexity index is 767. The molecular weight excluding hydrogens is 315 g/mol. The fourth-order valence-electron chi connectivity index (χ4n) is 1.91. The summed E-state index contributed by atoms with van der Waals surface area (Å²) in [6, 6.07) is 6.76. The van der Waals surface area contributed by atoms with Crippen molar-refractivity contribution in [2.45, 2.75) is 20.3 Å². The number of benzene rings is 1. The Morgan fingerprint density at radius 1 is 1.33 bits per heavy atom. The Morgan fingerprint density at radius 2 is 2.04 bits per heavy atom. The van der Waals surface area contributed by atoms with Crippen LogP contribution in [0.4, 0.5) is 27.3 Å². The number of carbonyl (C=O) groups is 1. The van der Waals surface area contributed by atoms with Crippen LogP contribution in [-0.4, -0.2) is 15.8 Å². The van der Waals surface area contributed by atoms with E-state index < -0.39 is 16.4 Å². The van der Waals surface area contributed by atoms with Gasteiger partial charge in [-0.3, -0.25) is 14.9 Å². The number of hydrogen-bond acceptors (Lipinski definition) is 5. The number of rotatable bonds is 6. The van der Waals surface area contributed by atoms with Gasteiger partial charge < -0.3 is 10.6 Å². The number of pyridine rings is 1. The zero-order valence-corrected chi connectivity index (χ0v) is 13.2. The molecule has 0 bridgehead atoms. The van der Waals surface area contributed by atoms with Crippen LogP contribution in [0.1, 0.15) is 20.3 Å². The molecule has 0 saturated carbocycles. The van der Waals surface area contributed by atoms with Crippen molar-refractivity contribution in [2.75, 3.05) is 10.6 Å². The molecule has 8 heteroatoms. The molecule has 2 rings (SSSR count). The molecule has 7 nitrogen and oxygen atoms in total. The highest BCUT2D eigenvalue weighted by Crippen LogP contribution is 2.24. The van der Waals surface area contributed by atoms with E-state index >= 15 is 0 Å². The molecule has 24 heavy (non-hydrogen) atoms. The predicted molar refractivity (Wildman–Crippen MR) is 88.7 cm³/mol. The molecule has 1 aromatic carbocycles. The molecule has 0 aliphatic heterocycles. The minimum absolute atomic E-state index is 0.132. The first-order valence-electron chi connectivity index (χ1n) is 7.38. The number of carbonyl (C=O) groups excluding carboxylic acids is 1. The van der Waals surface area contributed by atoms with Crippen molar-refractivity contribution in [1.29, 1.82) is 0 Å². The molecule has 1 heterocycles. The van der Waals surface area contributed by atoms with Gasteiger partial charge in [0.15, 0.2) is 0 Å². The van der Waals surface area contributed by atoms with Crippen LogP contribution < -0.4 is 10.6 Å². The van der Waals surface area contributed by atoms with Crippen LogP contribution >= 0.6 is 0 Å². The average molecular weight is 332 g/mol. The molecule has 0 fully saturated rings. The lowest BCUT2D eigenvalue weighted by Gasteiger charge is -2.11. The largest absolute Gasteiger partial charge is 0.355 e. The maximum absolute atomic E-state index is 13.6. The molecule has 1 amide bonds. The van der Waals surface area contributed by atoms with Crippen molar-refractivity contribution < 1.29 is 14.1 Å². The zero-order valence-electron chi connectivity index (χ0n) is 13.2. The Balaban J connectivity index is 2.13. The van der Waals surface area contributed by atoms with E-state index in [1.54, 1.807) is 12.1 Å². The number of halogens is 1. The number of nitro groups is 1. The van der Waals surface area contributed by atoms with Gasteiger partial charge in [0.05, 0.1) is 4.92 Å². The van der Waals surface area contributed by atoms with Crippen LogP contribution in [0.25, 0.3) is 0 Å². The normalized spacial score (nSPS) is 11.6. The van der Waals surface area contributed by atoms with E-state index in [9.17, 15) is 19.3 Å². The Labute approximate surface area is 138 Å². The fraction of sp³-hybridized carbons (Fsp3) is 0.250. The van der Waals surface area contributed by atoms with Gasteiger partial charge in [-0.05, 0) is 18.6 Å². The third-order valence-electron chi connectivity index (χ3n) is 3.50. The van der Waals surface area contributed by atoms with E-state index in [1.165, 1.54) is 12.3 Å². The van der Waals surface area contributed by atoms with Gasteiger partial charge in [-0.2, -0.15) is 4.39 Å². The second-order valence-corrected chi connectivity index (χ2v) is 5.28. The standard InChI is InChI=1S/C16H17FN4O3/c1-3-10(2)16(22)20-15-9-12(6-7-18-15)19-11-4-5-14(21(23)24)13(17)8-11/h4-10H,3H2,1-2H3,(H2,18,19,20,22). The Morgan fingerprint density at radius 3 is 2.67 bits per heavy atom. The highest BCUT2D eigenvalue weighted by atomic mass is 19.1. The second-order valence-electron chi connectivity index (χ2n) is 5.28. The Kier molecular flexibility index (Phi) is 5.41. The van der Waals surface area contributed by atoms with Gasteiger partial charge in [0, 0.05) is 41.7 Å². The molecular formula is C16H17FN4O3. The first-order valence-corrected chi connectivity index (χ1v) is 7.38. The van der Waals surface area contributed by atoms with Crippen molar-refractivity contribution in [1.82, 2.24) is 4.98 Å². The molecule has 0 radical (unpaired) electrons. The first-order chi connectivity index (χ1) is 11.4. The van der Waals surface area contributed by atoms with Gasteiger partial charge in [0.25, 0.3) is 0 Å². The lowest BCUT2D eigenvalue weighted by atomic mass is 10.1. The van der Waals surface area contributed by atoms with Crippen LogP contribution in [-0.2, 0) is 4.79 Å². The van der Waals surface area contributed by atoms with E-state index in [0.717, 1.165) is 12.1 Å². The molecule has 0 spiro atoms.